The first-order valence-corrected chi connectivity index (χ1v) is 11.6. The van der Waals surface area contributed by atoms with Gasteiger partial charge in [0.05, 0.1) is 17.2 Å². The van der Waals surface area contributed by atoms with Crippen LogP contribution in [0.15, 0.2) is 125 Å². The molecule has 0 saturated heterocycles. The van der Waals surface area contributed by atoms with Crippen LogP contribution in [-0.4, -0.2) is 10.9 Å². The number of carbonyl (C=O) groups is 1. The molecule has 0 spiro atoms. The highest BCUT2D eigenvalue weighted by Gasteiger charge is 2.42. The molecule has 2 atom stereocenters. The Hall–Kier alpha value is -4.22. The summed E-state index contributed by atoms with van der Waals surface area (Å²) in [5, 5.41) is 3.37. The van der Waals surface area contributed by atoms with E-state index in [0.717, 1.165) is 11.1 Å². The summed E-state index contributed by atoms with van der Waals surface area (Å²) < 4.78 is 7.16. The van der Waals surface area contributed by atoms with E-state index in [4.69, 9.17) is 16.1 Å². The van der Waals surface area contributed by atoms with Crippen molar-refractivity contribution in [2.75, 3.05) is 0 Å². The Morgan fingerprint density at radius 2 is 1.40 bits per heavy atom. The summed E-state index contributed by atoms with van der Waals surface area (Å²) in [6.45, 7) is 0. The zero-order valence-electron chi connectivity index (χ0n) is 18.7. The maximum atomic E-state index is 14.1. The number of aromatic nitrogens is 2. The highest BCUT2D eigenvalue weighted by Crippen LogP contribution is 2.38. The molecule has 0 saturated carbocycles. The lowest BCUT2D eigenvalue weighted by Crippen LogP contribution is -2.47. The van der Waals surface area contributed by atoms with E-state index < -0.39 is 17.6 Å². The van der Waals surface area contributed by atoms with Crippen molar-refractivity contribution in [2.45, 2.75) is 12.0 Å². The first kappa shape index (κ1) is 22.6. The molecule has 6 heteroatoms. The number of hydrogen-bond donors (Lipinski definition) is 1. The van der Waals surface area contributed by atoms with Gasteiger partial charge in [0.25, 0.3) is 0 Å². The van der Waals surface area contributed by atoms with Gasteiger partial charge in [-0.2, -0.15) is 4.57 Å². The molecule has 2 unspecified atom stereocenters. The lowest BCUT2D eigenvalue weighted by atomic mass is 9.80. The second-order valence-corrected chi connectivity index (χ2v) is 8.61. The van der Waals surface area contributed by atoms with Gasteiger partial charge >= 0.3 is 5.63 Å². The van der Waals surface area contributed by atoms with Crippen molar-refractivity contribution in [1.29, 1.82) is 0 Å². The second kappa shape index (κ2) is 9.95. The van der Waals surface area contributed by atoms with Crippen LogP contribution < -0.4 is 10.2 Å². The summed E-state index contributed by atoms with van der Waals surface area (Å²) >= 11 is 6.20. The van der Waals surface area contributed by atoms with Gasteiger partial charge in [-0.25, -0.2) is 9.95 Å². The number of aromatic amines is 1. The molecule has 0 aliphatic heterocycles. The van der Waals surface area contributed by atoms with Gasteiger partial charge in [-0.15, -0.1) is 0 Å². The van der Waals surface area contributed by atoms with Crippen LogP contribution in [0.4, 0.5) is 0 Å². The average molecular weight is 482 g/mol. The molecule has 0 aliphatic rings. The van der Waals surface area contributed by atoms with Gasteiger partial charge in [0, 0.05) is 28.3 Å². The molecule has 0 bridgehead atoms. The minimum absolute atomic E-state index is 0.124. The number of pyridine rings is 1. The van der Waals surface area contributed by atoms with E-state index >= 15 is 0 Å². The maximum Gasteiger partial charge on any atom is 0.361 e. The lowest BCUT2D eigenvalue weighted by molar-refractivity contribution is -0.709. The molecule has 2 aromatic heterocycles. The second-order valence-electron chi connectivity index (χ2n) is 8.17. The number of halogens is 1. The van der Waals surface area contributed by atoms with Gasteiger partial charge in [-0.05, 0) is 17.7 Å². The Labute approximate surface area is 207 Å². The van der Waals surface area contributed by atoms with Crippen molar-refractivity contribution in [3.05, 3.63) is 148 Å². The van der Waals surface area contributed by atoms with Crippen LogP contribution >= 0.6 is 11.6 Å². The number of benzene rings is 3. The van der Waals surface area contributed by atoms with Crippen molar-refractivity contribution in [3.63, 3.8) is 0 Å². The van der Waals surface area contributed by atoms with Crippen LogP contribution in [0.3, 0.4) is 0 Å². The number of hydrogen-bond acceptors (Lipinski definition) is 3. The van der Waals surface area contributed by atoms with E-state index in [-0.39, 0.29) is 5.78 Å². The largest absolute Gasteiger partial charge is 0.361 e. The number of ketones is 1. The normalized spacial score (nSPS) is 12.7. The fourth-order valence-corrected chi connectivity index (χ4v) is 4.54. The minimum Gasteiger partial charge on any atom is -0.338 e. The molecule has 5 aromatic rings. The van der Waals surface area contributed by atoms with Crippen molar-refractivity contribution >= 4 is 17.4 Å². The lowest BCUT2D eigenvalue weighted by Gasteiger charge is -2.22. The molecular formula is C29H22ClN2O3+. The first-order valence-electron chi connectivity index (χ1n) is 11.2. The highest BCUT2D eigenvalue weighted by atomic mass is 35.5. The Bertz CT molecular complexity index is 1480. The van der Waals surface area contributed by atoms with Gasteiger partial charge in [0.2, 0.25) is 11.8 Å². The number of carbonyl (C=O) groups excluding carboxylic acids is 1. The van der Waals surface area contributed by atoms with Crippen molar-refractivity contribution in [1.82, 2.24) is 5.16 Å². The Morgan fingerprint density at radius 1 is 0.800 bits per heavy atom. The van der Waals surface area contributed by atoms with E-state index in [1.165, 1.54) is 0 Å². The number of nitrogens with one attached hydrogen (secondary N) is 1. The smallest absolute Gasteiger partial charge is 0.338 e. The molecule has 0 amide bonds. The van der Waals surface area contributed by atoms with Crippen molar-refractivity contribution in [3.8, 4) is 11.3 Å². The molecular weight excluding hydrogens is 460 g/mol. The van der Waals surface area contributed by atoms with Crippen LogP contribution in [-0.2, 0) is 0 Å². The third-order valence-corrected chi connectivity index (χ3v) is 6.29. The zero-order chi connectivity index (χ0) is 24.2. The maximum absolute atomic E-state index is 14.1. The van der Waals surface area contributed by atoms with Gasteiger partial charge in [0.1, 0.15) is 0 Å². The third kappa shape index (κ3) is 4.59. The number of rotatable bonds is 7. The van der Waals surface area contributed by atoms with E-state index in [2.05, 4.69) is 5.16 Å². The van der Waals surface area contributed by atoms with Crippen LogP contribution in [0.2, 0.25) is 5.02 Å². The summed E-state index contributed by atoms with van der Waals surface area (Å²) in [6.07, 6.45) is 3.68. The predicted octanol–water partition coefficient (Wildman–Crippen LogP) is 5.83. The summed E-state index contributed by atoms with van der Waals surface area (Å²) in [4.78, 5) is 27.3. The number of H-pyrrole nitrogens is 1. The van der Waals surface area contributed by atoms with Crippen LogP contribution in [0.5, 0.6) is 0 Å². The van der Waals surface area contributed by atoms with Crippen molar-refractivity contribution in [2.24, 2.45) is 0 Å². The standard InChI is InChI=1S/C29H21ClN2O3/c30-23-16-14-20(15-17-23)24(25-26(31-35-29(25)34)21-10-4-1-5-11-21)27(32-18-8-3-9-19-32)28(33)22-12-6-2-7-13-22/h1-19,24,27H/p+1. The van der Waals surface area contributed by atoms with E-state index in [9.17, 15) is 9.59 Å². The molecule has 172 valence electrons. The predicted molar refractivity (Wildman–Crippen MR) is 135 cm³/mol. The number of nitrogens with zero attached hydrogens (tertiary/aromatic N) is 1. The molecule has 0 aliphatic carbocycles. The molecule has 0 radical (unpaired) electrons. The molecule has 1 N–H and O–H groups in total. The number of Topliss-reactive ketones (excluding diaryl/α,β-unsaturated/α-hetero) is 1. The van der Waals surface area contributed by atoms with E-state index in [1.54, 1.807) is 24.3 Å². The van der Waals surface area contributed by atoms with Crippen LogP contribution in [0.1, 0.15) is 33.4 Å². The Kier molecular flexibility index (Phi) is 6.42. The van der Waals surface area contributed by atoms with Crippen LogP contribution in [0.25, 0.3) is 11.3 Å². The van der Waals surface area contributed by atoms with E-state index in [1.807, 2.05) is 95.8 Å². The quantitative estimate of drug-likeness (QED) is 0.235. The molecule has 0 fully saturated rings. The third-order valence-electron chi connectivity index (χ3n) is 6.04. The van der Waals surface area contributed by atoms with Crippen LogP contribution in [0, 0.1) is 0 Å². The zero-order valence-corrected chi connectivity index (χ0v) is 19.4. The summed E-state index contributed by atoms with van der Waals surface area (Å²) in [6, 6.07) is 30.7. The molecule has 2 heterocycles. The fourth-order valence-electron chi connectivity index (χ4n) is 4.42. The summed E-state index contributed by atoms with van der Waals surface area (Å²) in [5.41, 5.74) is 2.50. The van der Waals surface area contributed by atoms with Gasteiger partial charge in [0.15, 0.2) is 12.4 Å². The Morgan fingerprint density at radius 3 is 2.06 bits per heavy atom. The van der Waals surface area contributed by atoms with Gasteiger partial charge < -0.3 is 4.52 Å². The molecule has 3 aromatic carbocycles. The average Bonchev–Trinajstić information content (AvgIpc) is 3.30. The monoisotopic (exact) mass is 481 g/mol. The fraction of sp³-hybridized carbons (Fsp3) is 0.0690. The topological polar surface area (TPSA) is 67.0 Å². The SMILES string of the molecule is O=C(c1ccccc1)C(C(c1ccc(Cl)cc1)c1c(-c2ccccc2)[nH]oc1=O)[n+]1ccccc1. The Balaban J connectivity index is 1.79. The van der Waals surface area contributed by atoms with Gasteiger partial charge in [-0.1, -0.05) is 90.5 Å². The van der Waals surface area contributed by atoms with E-state index in [0.29, 0.717) is 21.8 Å². The van der Waals surface area contributed by atoms with Gasteiger partial charge in [-0.3, -0.25) is 4.79 Å². The summed E-state index contributed by atoms with van der Waals surface area (Å²) in [5.74, 6) is -0.786. The first-order chi connectivity index (χ1) is 17.1. The molecule has 35 heavy (non-hydrogen) atoms. The minimum atomic E-state index is -0.763. The molecule has 5 nitrogen and oxygen atoms in total. The highest BCUT2D eigenvalue weighted by molar-refractivity contribution is 6.30. The summed E-state index contributed by atoms with van der Waals surface area (Å²) in [7, 11) is 0. The molecule has 5 rings (SSSR count). The van der Waals surface area contributed by atoms with Crippen molar-refractivity contribution < 1.29 is 13.9 Å².